The molecule has 3 rings (SSSR count). The monoisotopic (exact) mass is 324 g/mol. The Hall–Kier alpha value is -3.15. The topological polar surface area (TPSA) is 74.5 Å². The first-order chi connectivity index (χ1) is 11.6. The highest BCUT2D eigenvalue weighted by Crippen LogP contribution is 2.30. The minimum Gasteiger partial charge on any atom is -0.493 e. The molecule has 6 heteroatoms. The number of rotatable bonds is 5. The Labute approximate surface area is 138 Å². The van der Waals surface area contributed by atoms with E-state index in [1.54, 1.807) is 14.2 Å². The zero-order chi connectivity index (χ0) is 17.1. The van der Waals surface area contributed by atoms with Crippen LogP contribution in [0.2, 0.25) is 0 Å². The van der Waals surface area contributed by atoms with Crippen LogP contribution in [0.15, 0.2) is 48.5 Å². The Balaban J connectivity index is 2.07. The van der Waals surface area contributed by atoms with E-state index in [4.69, 9.17) is 9.47 Å². The summed E-state index contributed by atoms with van der Waals surface area (Å²) in [5.74, 6) is 1.10. The number of benzene rings is 2. The fourth-order valence-corrected chi connectivity index (χ4v) is 2.67. The van der Waals surface area contributed by atoms with Gasteiger partial charge in [-0.05, 0) is 33.0 Å². The molecule has 0 N–H and O–H groups in total. The maximum atomic E-state index is 11.1. The van der Waals surface area contributed by atoms with Crippen LogP contribution in [-0.4, -0.2) is 24.1 Å². The minimum absolute atomic E-state index is 0.149. The maximum absolute atomic E-state index is 11.1. The first-order valence-electron chi connectivity index (χ1n) is 7.36. The van der Waals surface area contributed by atoms with E-state index >= 15 is 0 Å². The van der Waals surface area contributed by atoms with Crippen molar-refractivity contribution in [3.05, 3.63) is 69.9 Å². The van der Waals surface area contributed by atoms with Gasteiger partial charge in [-0.2, -0.15) is 0 Å². The molecule has 2 aromatic carbocycles. The van der Waals surface area contributed by atoms with E-state index < -0.39 is 4.92 Å². The summed E-state index contributed by atoms with van der Waals surface area (Å²) in [5.41, 5.74) is 1.60. The number of methoxy groups -OCH3 is 2. The lowest BCUT2D eigenvalue weighted by molar-refractivity contribution is -0.389. The fourth-order valence-electron chi connectivity index (χ4n) is 2.67. The van der Waals surface area contributed by atoms with Crippen LogP contribution < -0.4 is 9.47 Å². The highest BCUT2D eigenvalue weighted by atomic mass is 16.6. The second kappa shape index (κ2) is 6.54. The van der Waals surface area contributed by atoms with E-state index in [9.17, 15) is 10.1 Å². The fraction of sp³-hybridized carbons (Fsp3) is 0.167. The van der Waals surface area contributed by atoms with Gasteiger partial charge in [-0.25, -0.2) is 0 Å². The van der Waals surface area contributed by atoms with Crippen molar-refractivity contribution in [1.29, 1.82) is 0 Å². The maximum Gasteiger partial charge on any atom is 0.364 e. The number of hydrogen-bond donors (Lipinski definition) is 0. The Morgan fingerprint density at radius 1 is 1.04 bits per heavy atom. The summed E-state index contributed by atoms with van der Waals surface area (Å²) < 4.78 is 10.5. The Bertz CT molecular complexity index is 909. The van der Waals surface area contributed by atoms with Crippen molar-refractivity contribution < 1.29 is 14.4 Å². The Morgan fingerprint density at radius 3 is 2.50 bits per heavy atom. The molecule has 0 aliphatic heterocycles. The number of nitrogens with zero attached hydrogens (tertiary/aromatic N) is 2. The molecule has 0 saturated heterocycles. The lowest BCUT2D eigenvalue weighted by Gasteiger charge is -2.09. The van der Waals surface area contributed by atoms with Crippen LogP contribution in [0.5, 0.6) is 11.5 Å². The van der Waals surface area contributed by atoms with E-state index in [0.717, 1.165) is 16.3 Å². The molecule has 0 aliphatic rings. The summed E-state index contributed by atoms with van der Waals surface area (Å²) in [7, 11) is 3.15. The second-order valence-electron chi connectivity index (χ2n) is 5.27. The number of hydrogen-bond acceptors (Lipinski definition) is 5. The second-order valence-corrected chi connectivity index (χ2v) is 5.27. The molecule has 0 bridgehead atoms. The average molecular weight is 324 g/mol. The minimum atomic E-state index is -0.468. The summed E-state index contributed by atoms with van der Waals surface area (Å²) >= 11 is 0. The largest absolute Gasteiger partial charge is 0.493 e. The molecule has 0 spiro atoms. The number of pyridine rings is 1. The summed E-state index contributed by atoms with van der Waals surface area (Å²) in [5, 5.41) is 12.8. The molecule has 1 heterocycles. The third-order valence-electron chi connectivity index (χ3n) is 3.81. The van der Waals surface area contributed by atoms with Crippen LogP contribution in [0, 0.1) is 10.1 Å². The predicted octanol–water partition coefficient (Wildman–Crippen LogP) is 3.75. The lowest BCUT2D eigenvalue weighted by atomic mass is 10.0. The van der Waals surface area contributed by atoms with Crippen molar-refractivity contribution in [1.82, 2.24) is 4.98 Å². The van der Waals surface area contributed by atoms with E-state index in [0.29, 0.717) is 23.6 Å². The third kappa shape index (κ3) is 2.99. The van der Waals surface area contributed by atoms with Crippen LogP contribution in [0.4, 0.5) is 5.82 Å². The molecular weight excluding hydrogens is 308 g/mol. The first kappa shape index (κ1) is 15.7. The molecule has 0 unspecified atom stereocenters. The van der Waals surface area contributed by atoms with Gasteiger partial charge in [-0.1, -0.05) is 30.3 Å². The molecule has 0 fully saturated rings. The van der Waals surface area contributed by atoms with Crippen LogP contribution in [0.3, 0.4) is 0 Å². The van der Waals surface area contributed by atoms with Gasteiger partial charge >= 0.3 is 5.82 Å². The van der Waals surface area contributed by atoms with Gasteiger partial charge in [-0.3, -0.25) is 0 Å². The molecule has 0 saturated carbocycles. The van der Waals surface area contributed by atoms with Gasteiger partial charge in [0.1, 0.15) is 0 Å². The van der Waals surface area contributed by atoms with Crippen molar-refractivity contribution in [2.75, 3.05) is 14.2 Å². The quantitative estimate of drug-likeness (QED) is 0.528. The molecule has 0 aliphatic carbocycles. The van der Waals surface area contributed by atoms with Gasteiger partial charge in [0.25, 0.3) is 0 Å². The highest BCUT2D eigenvalue weighted by Gasteiger charge is 2.16. The smallest absolute Gasteiger partial charge is 0.364 e. The first-order valence-corrected chi connectivity index (χ1v) is 7.36. The van der Waals surface area contributed by atoms with Crippen molar-refractivity contribution in [2.45, 2.75) is 6.42 Å². The Morgan fingerprint density at radius 2 is 1.79 bits per heavy atom. The molecule has 3 aromatic rings. The standard InChI is InChI=1S/C18H16N2O4/c1-23-16-8-7-12(10-17(16)24-2)9-15-14-6-4-3-5-13(14)11-18(19-15)20(21)22/h3-8,10-11H,9H2,1-2H3. The van der Waals surface area contributed by atoms with E-state index in [2.05, 4.69) is 4.98 Å². The number of aromatic nitrogens is 1. The van der Waals surface area contributed by atoms with Gasteiger partial charge in [0, 0.05) is 17.9 Å². The molecule has 1 aromatic heterocycles. The summed E-state index contributed by atoms with van der Waals surface area (Å²) in [6.07, 6.45) is 0.461. The molecular formula is C18H16N2O4. The summed E-state index contributed by atoms with van der Waals surface area (Å²) in [6, 6.07) is 14.6. The van der Waals surface area contributed by atoms with Gasteiger partial charge in [-0.15, -0.1) is 0 Å². The van der Waals surface area contributed by atoms with Crippen LogP contribution in [0.25, 0.3) is 10.8 Å². The number of nitro groups is 1. The molecule has 122 valence electrons. The van der Waals surface area contributed by atoms with Gasteiger partial charge in [0.15, 0.2) is 17.2 Å². The van der Waals surface area contributed by atoms with Crippen molar-refractivity contribution in [2.24, 2.45) is 0 Å². The average Bonchev–Trinajstić information content (AvgIpc) is 2.61. The number of ether oxygens (including phenoxy) is 2. The van der Waals surface area contributed by atoms with Crippen LogP contribution >= 0.6 is 0 Å². The van der Waals surface area contributed by atoms with E-state index in [1.165, 1.54) is 6.07 Å². The summed E-state index contributed by atoms with van der Waals surface area (Å²) in [4.78, 5) is 14.9. The van der Waals surface area contributed by atoms with E-state index in [1.807, 2.05) is 42.5 Å². The Kier molecular flexibility index (Phi) is 4.29. The van der Waals surface area contributed by atoms with Crippen LogP contribution in [0.1, 0.15) is 11.3 Å². The highest BCUT2D eigenvalue weighted by molar-refractivity contribution is 5.86. The van der Waals surface area contributed by atoms with Gasteiger partial charge in [0.05, 0.1) is 14.2 Å². The SMILES string of the molecule is COc1ccc(Cc2nc([N+](=O)[O-])cc3ccccc23)cc1OC. The van der Waals surface area contributed by atoms with Crippen LogP contribution in [-0.2, 0) is 6.42 Å². The third-order valence-corrected chi connectivity index (χ3v) is 3.81. The zero-order valence-corrected chi connectivity index (χ0v) is 13.4. The lowest BCUT2D eigenvalue weighted by Crippen LogP contribution is -2.00. The molecule has 0 amide bonds. The molecule has 0 radical (unpaired) electrons. The summed E-state index contributed by atoms with van der Waals surface area (Å²) in [6.45, 7) is 0. The van der Waals surface area contributed by atoms with Crippen molar-refractivity contribution in [3.63, 3.8) is 0 Å². The number of fused-ring (bicyclic) bond motifs is 1. The molecule has 0 atom stereocenters. The zero-order valence-electron chi connectivity index (χ0n) is 13.4. The molecule has 24 heavy (non-hydrogen) atoms. The normalized spacial score (nSPS) is 10.6. The van der Waals surface area contributed by atoms with Gasteiger partial charge < -0.3 is 19.6 Å². The van der Waals surface area contributed by atoms with Crippen molar-refractivity contribution in [3.8, 4) is 11.5 Å². The predicted molar refractivity (Wildman–Crippen MR) is 90.7 cm³/mol. The van der Waals surface area contributed by atoms with E-state index in [-0.39, 0.29) is 5.82 Å². The molecule has 6 nitrogen and oxygen atoms in total. The van der Waals surface area contributed by atoms with Crippen molar-refractivity contribution >= 4 is 16.6 Å². The van der Waals surface area contributed by atoms with Gasteiger partial charge in [0.2, 0.25) is 0 Å².